The molecular formula is C25H25NO3. The van der Waals surface area contributed by atoms with E-state index in [4.69, 9.17) is 0 Å². The van der Waals surface area contributed by atoms with Crippen molar-refractivity contribution in [3.63, 3.8) is 0 Å². The number of fused-ring (bicyclic) bond motifs is 1. The van der Waals surface area contributed by atoms with Crippen LogP contribution >= 0.6 is 0 Å². The second kappa shape index (κ2) is 7.70. The quantitative estimate of drug-likeness (QED) is 0.639. The van der Waals surface area contributed by atoms with Crippen molar-refractivity contribution in [3.05, 3.63) is 83.4 Å². The molecule has 0 aromatic heterocycles. The average Bonchev–Trinajstić information content (AvgIpc) is 3.23. The second-order valence-electron chi connectivity index (χ2n) is 7.93. The molecule has 0 heterocycles. The van der Waals surface area contributed by atoms with Crippen LogP contribution in [-0.2, 0) is 4.79 Å². The molecule has 2 N–H and O–H groups in total. The molecule has 4 nitrogen and oxygen atoms in total. The van der Waals surface area contributed by atoms with Crippen LogP contribution < -0.4 is 5.32 Å². The zero-order valence-electron chi connectivity index (χ0n) is 16.5. The summed E-state index contributed by atoms with van der Waals surface area (Å²) in [5, 5.41) is 14.7. The van der Waals surface area contributed by atoms with E-state index in [1.807, 2.05) is 54.6 Å². The highest BCUT2D eigenvalue weighted by Gasteiger charge is 2.43. The summed E-state index contributed by atoms with van der Waals surface area (Å²) >= 11 is 0. The predicted octanol–water partition coefficient (Wildman–Crippen LogP) is 5.12. The summed E-state index contributed by atoms with van der Waals surface area (Å²) in [7, 11) is 0. The van der Waals surface area contributed by atoms with Crippen LogP contribution in [0.2, 0.25) is 0 Å². The summed E-state index contributed by atoms with van der Waals surface area (Å²) in [5.41, 5.74) is 1.44. The minimum atomic E-state index is -1.16. The Hall–Kier alpha value is -3.14. The molecule has 1 atom stereocenters. The molecule has 148 valence electrons. The molecule has 1 amide bonds. The molecule has 4 rings (SSSR count). The van der Waals surface area contributed by atoms with E-state index in [2.05, 4.69) is 24.4 Å². The van der Waals surface area contributed by atoms with Gasteiger partial charge in [0.25, 0.3) is 5.91 Å². The van der Waals surface area contributed by atoms with Crippen molar-refractivity contribution in [1.82, 2.24) is 5.32 Å². The monoisotopic (exact) mass is 387 g/mol. The summed E-state index contributed by atoms with van der Waals surface area (Å²) in [5.74, 6) is -1.26. The summed E-state index contributed by atoms with van der Waals surface area (Å²) in [6.07, 6.45) is 2.59. The van der Waals surface area contributed by atoms with E-state index in [9.17, 15) is 14.7 Å². The van der Waals surface area contributed by atoms with Crippen LogP contribution in [0.4, 0.5) is 0 Å². The molecule has 29 heavy (non-hydrogen) atoms. The first-order valence-corrected chi connectivity index (χ1v) is 10.1. The topological polar surface area (TPSA) is 66.4 Å². The lowest BCUT2D eigenvalue weighted by Crippen LogP contribution is -2.52. The molecule has 0 spiro atoms. The third kappa shape index (κ3) is 3.51. The number of carbonyl (C=O) groups is 2. The van der Waals surface area contributed by atoms with Crippen LogP contribution in [0, 0.1) is 0 Å². The summed E-state index contributed by atoms with van der Waals surface area (Å²) < 4.78 is 0. The number of hydrogen-bond donors (Lipinski definition) is 2. The number of carboxylic acid groups (broad SMARTS) is 1. The number of benzene rings is 3. The van der Waals surface area contributed by atoms with Crippen LogP contribution in [0.25, 0.3) is 10.8 Å². The van der Waals surface area contributed by atoms with Gasteiger partial charge in [-0.25, -0.2) is 4.79 Å². The normalized spacial score (nSPS) is 16.4. The fourth-order valence-electron chi connectivity index (χ4n) is 4.52. The number of hydrogen-bond acceptors (Lipinski definition) is 2. The highest BCUT2D eigenvalue weighted by Crippen LogP contribution is 2.35. The standard InChI is InChI=1S/C25H25NO3/c1-17(18-9-3-2-4-10-18)22-20-12-6-5-11-19(20)13-14-21(22)23(27)26-25(24(28)29)15-7-8-16-25/h2-6,9-14,17H,7-8,15-16H2,1H3,(H,26,27)(H,28,29). The van der Waals surface area contributed by atoms with E-state index in [0.717, 1.165) is 34.7 Å². The van der Waals surface area contributed by atoms with Gasteiger partial charge < -0.3 is 10.4 Å². The van der Waals surface area contributed by atoms with Crippen LogP contribution in [0.15, 0.2) is 66.7 Å². The molecule has 1 fully saturated rings. The third-order valence-electron chi connectivity index (χ3n) is 6.17. The first kappa shape index (κ1) is 19.2. The summed E-state index contributed by atoms with van der Waals surface area (Å²) in [4.78, 5) is 25.3. The van der Waals surface area contributed by atoms with Crippen molar-refractivity contribution >= 4 is 22.6 Å². The Morgan fingerprint density at radius 1 is 0.931 bits per heavy atom. The van der Waals surface area contributed by atoms with Gasteiger partial charge in [-0.3, -0.25) is 4.79 Å². The first-order valence-electron chi connectivity index (χ1n) is 10.1. The molecule has 1 aliphatic carbocycles. The number of carboxylic acids is 1. The van der Waals surface area contributed by atoms with Gasteiger partial charge >= 0.3 is 5.97 Å². The first-order chi connectivity index (χ1) is 14.0. The Balaban J connectivity index is 1.82. The Bertz CT molecular complexity index is 1050. The lowest BCUT2D eigenvalue weighted by atomic mass is 9.85. The van der Waals surface area contributed by atoms with Crippen LogP contribution in [0.1, 0.15) is 60.0 Å². The molecule has 0 saturated heterocycles. The van der Waals surface area contributed by atoms with Crippen molar-refractivity contribution in [3.8, 4) is 0 Å². The fourth-order valence-corrected chi connectivity index (χ4v) is 4.52. The van der Waals surface area contributed by atoms with Crippen molar-refractivity contribution < 1.29 is 14.7 Å². The minimum Gasteiger partial charge on any atom is -0.480 e. The molecule has 3 aromatic carbocycles. The Morgan fingerprint density at radius 3 is 2.28 bits per heavy atom. The van der Waals surface area contributed by atoms with E-state index in [0.29, 0.717) is 18.4 Å². The number of carbonyl (C=O) groups excluding carboxylic acids is 1. The predicted molar refractivity (Wildman–Crippen MR) is 114 cm³/mol. The largest absolute Gasteiger partial charge is 0.480 e. The highest BCUT2D eigenvalue weighted by molar-refractivity contribution is 6.04. The highest BCUT2D eigenvalue weighted by atomic mass is 16.4. The lowest BCUT2D eigenvalue weighted by Gasteiger charge is -2.27. The van der Waals surface area contributed by atoms with Gasteiger partial charge in [-0.05, 0) is 40.8 Å². The van der Waals surface area contributed by atoms with E-state index >= 15 is 0 Å². The summed E-state index contributed by atoms with van der Waals surface area (Å²) in [6.45, 7) is 2.09. The van der Waals surface area contributed by atoms with Crippen molar-refractivity contribution in [2.24, 2.45) is 0 Å². The van der Waals surface area contributed by atoms with Gasteiger partial charge in [0.05, 0.1) is 0 Å². The van der Waals surface area contributed by atoms with Crippen molar-refractivity contribution in [1.29, 1.82) is 0 Å². The van der Waals surface area contributed by atoms with Crippen molar-refractivity contribution in [2.45, 2.75) is 44.1 Å². The van der Waals surface area contributed by atoms with Crippen LogP contribution in [-0.4, -0.2) is 22.5 Å². The minimum absolute atomic E-state index is 0.00703. The van der Waals surface area contributed by atoms with E-state index in [1.165, 1.54) is 0 Å². The van der Waals surface area contributed by atoms with Crippen LogP contribution in [0.5, 0.6) is 0 Å². The lowest BCUT2D eigenvalue weighted by molar-refractivity contribution is -0.144. The fraction of sp³-hybridized carbons (Fsp3) is 0.280. The van der Waals surface area contributed by atoms with Gasteiger partial charge in [0.15, 0.2) is 0 Å². The number of nitrogens with one attached hydrogen (secondary N) is 1. The average molecular weight is 387 g/mol. The van der Waals surface area contributed by atoms with Gasteiger partial charge in [-0.15, -0.1) is 0 Å². The van der Waals surface area contributed by atoms with Gasteiger partial charge in [-0.2, -0.15) is 0 Å². The molecule has 1 aliphatic rings. The van der Waals surface area contributed by atoms with E-state index in [-0.39, 0.29) is 11.8 Å². The number of amides is 1. The maximum Gasteiger partial charge on any atom is 0.329 e. The Labute approximate surface area is 170 Å². The molecule has 1 saturated carbocycles. The molecule has 0 aliphatic heterocycles. The molecule has 4 heteroatoms. The maximum atomic E-state index is 13.3. The molecule has 0 radical (unpaired) electrons. The molecule has 3 aromatic rings. The smallest absolute Gasteiger partial charge is 0.329 e. The van der Waals surface area contributed by atoms with Crippen LogP contribution in [0.3, 0.4) is 0 Å². The second-order valence-corrected chi connectivity index (χ2v) is 7.93. The van der Waals surface area contributed by atoms with Gasteiger partial charge in [0.2, 0.25) is 0 Å². The third-order valence-corrected chi connectivity index (χ3v) is 6.17. The molecular weight excluding hydrogens is 362 g/mol. The molecule has 0 bridgehead atoms. The van der Waals surface area contributed by atoms with E-state index in [1.54, 1.807) is 0 Å². The Kier molecular flexibility index (Phi) is 5.10. The maximum absolute atomic E-state index is 13.3. The van der Waals surface area contributed by atoms with Crippen molar-refractivity contribution in [2.75, 3.05) is 0 Å². The van der Waals surface area contributed by atoms with E-state index < -0.39 is 11.5 Å². The number of rotatable bonds is 5. The summed E-state index contributed by atoms with van der Waals surface area (Å²) in [6, 6.07) is 21.9. The Morgan fingerprint density at radius 2 is 1.59 bits per heavy atom. The number of aliphatic carboxylic acids is 1. The van der Waals surface area contributed by atoms with Gasteiger partial charge in [0, 0.05) is 11.5 Å². The van der Waals surface area contributed by atoms with Gasteiger partial charge in [0.1, 0.15) is 5.54 Å². The SMILES string of the molecule is CC(c1ccccc1)c1c(C(=O)NC2(C(=O)O)CCCC2)ccc2ccccc12. The molecule has 1 unspecified atom stereocenters. The zero-order valence-corrected chi connectivity index (χ0v) is 16.5. The van der Waals surface area contributed by atoms with Gasteiger partial charge in [-0.1, -0.05) is 80.4 Å². The zero-order chi connectivity index (χ0) is 20.4.